The van der Waals surface area contributed by atoms with Gasteiger partial charge in [0.2, 0.25) is 0 Å². The molecule has 9 heteroatoms. The zero-order chi connectivity index (χ0) is 14.0. The Morgan fingerprint density at radius 2 is 2.05 bits per heavy atom. The molecule has 0 bridgehead atoms. The van der Waals surface area contributed by atoms with Gasteiger partial charge in [-0.2, -0.15) is 4.31 Å². The van der Waals surface area contributed by atoms with Gasteiger partial charge in [0, 0.05) is 0 Å². The van der Waals surface area contributed by atoms with Crippen molar-refractivity contribution < 1.29 is 18.1 Å². The molecule has 0 aliphatic carbocycles. The molecular formula is C10H15ClN3O3S2+. The van der Waals surface area contributed by atoms with Crippen LogP contribution in [0.2, 0.25) is 4.34 Å². The number of primary amides is 1. The average Bonchev–Trinajstić information content (AvgIpc) is 2.76. The number of carbonyl (C=O) groups excluding carboxylic acids is 1. The topological polar surface area (TPSA) is 84.9 Å². The molecule has 6 nitrogen and oxygen atoms in total. The molecule has 19 heavy (non-hydrogen) atoms. The molecule has 1 aromatic rings. The summed E-state index contributed by atoms with van der Waals surface area (Å²) in [5, 5.41) is 0. The van der Waals surface area contributed by atoms with Gasteiger partial charge in [0.15, 0.2) is 6.54 Å². The molecule has 0 atom stereocenters. The minimum atomic E-state index is -3.46. The van der Waals surface area contributed by atoms with Gasteiger partial charge < -0.3 is 10.6 Å². The fraction of sp³-hybridized carbons (Fsp3) is 0.500. The molecule has 0 saturated carbocycles. The highest BCUT2D eigenvalue weighted by Gasteiger charge is 2.31. The number of hydrogen-bond acceptors (Lipinski definition) is 4. The van der Waals surface area contributed by atoms with E-state index in [1.807, 2.05) is 0 Å². The van der Waals surface area contributed by atoms with E-state index in [0.29, 0.717) is 30.5 Å². The summed E-state index contributed by atoms with van der Waals surface area (Å²) in [6.07, 6.45) is 0. The number of piperazine rings is 1. The van der Waals surface area contributed by atoms with E-state index in [1.165, 1.54) is 10.4 Å². The molecule has 1 amide bonds. The van der Waals surface area contributed by atoms with E-state index >= 15 is 0 Å². The molecule has 0 aromatic carbocycles. The van der Waals surface area contributed by atoms with Crippen molar-refractivity contribution in [3.63, 3.8) is 0 Å². The zero-order valence-electron chi connectivity index (χ0n) is 10.1. The summed E-state index contributed by atoms with van der Waals surface area (Å²) in [4.78, 5) is 11.8. The van der Waals surface area contributed by atoms with Gasteiger partial charge in [0.25, 0.3) is 15.9 Å². The SMILES string of the molecule is NC(=O)C[NH+]1CCN(S(=O)(=O)c2ccc(Cl)s2)CC1. The largest absolute Gasteiger partial charge is 0.365 e. The number of amides is 1. The van der Waals surface area contributed by atoms with Gasteiger partial charge in [0.1, 0.15) is 4.21 Å². The molecule has 1 aliphatic heterocycles. The number of carbonyl (C=O) groups is 1. The van der Waals surface area contributed by atoms with E-state index in [0.717, 1.165) is 16.2 Å². The smallest absolute Gasteiger partial charge is 0.272 e. The molecule has 0 radical (unpaired) electrons. The highest BCUT2D eigenvalue weighted by Crippen LogP contribution is 2.27. The minimum absolute atomic E-state index is 0.249. The molecule has 1 saturated heterocycles. The number of sulfonamides is 1. The van der Waals surface area contributed by atoms with Crippen LogP contribution < -0.4 is 10.6 Å². The van der Waals surface area contributed by atoms with Crippen molar-refractivity contribution in [2.45, 2.75) is 4.21 Å². The van der Waals surface area contributed by atoms with Gasteiger partial charge in [-0.25, -0.2) is 8.42 Å². The van der Waals surface area contributed by atoms with Crippen LogP contribution in [0.25, 0.3) is 0 Å². The molecule has 0 spiro atoms. The number of halogens is 1. The standard InChI is InChI=1S/C10H14ClN3O3S2/c11-8-1-2-10(18-8)19(16,17)14-5-3-13(4-6-14)7-9(12)15/h1-2H,3-7H2,(H2,12,15)/p+1. The number of nitrogens with two attached hydrogens (primary N) is 1. The average molecular weight is 325 g/mol. The summed E-state index contributed by atoms with van der Waals surface area (Å²) in [5.74, 6) is -0.364. The lowest BCUT2D eigenvalue weighted by Gasteiger charge is -2.30. The van der Waals surface area contributed by atoms with Gasteiger partial charge in [-0.05, 0) is 12.1 Å². The number of nitrogens with zero attached hydrogens (tertiary/aromatic N) is 1. The predicted octanol–water partition coefficient (Wildman–Crippen LogP) is -1.22. The summed E-state index contributed by atoms with van der Waals surface area (Å²) in [7, 11) is -3.46. The van der Waals surface area contributed by atoms with Crippen LogP contribution >= 0.6 is 22.9 Å². The first-order valence-electron chi connectivity index (χ1n) is 5.77. The predicted molar refractivity (Wildman–Crippen MR) is 72.8 cm³/mol. The fourth-order valence-corrected chi connectivity index (χ4v) is 5.11. The molecule has 1 aromatic heterocycles. The number of thiophene rings is 1. The van der Waals surface area contributed by atoms with Gasteiger partial charge in [-0.3, -0.25) is 4.79 Å². The quantitative estimate of drug-likeness (QED) is 0.728. The molecule has 2 heterocycles. The van der Waals surface area contributed by atoms with Crippen molar-refractivity contribution >= 4 is 38.9 Å². The fourth-order valence-electron chi connectivity index (χ4n) is 2.03. The first-order valence-corrected chi connectivity index (χ1v) is 8.40. The maximum absolute atomic E-state index is 12.3. The molecule has 106 valence electrons. The number of nitrogens with one attached hydrogen (secondary N) is 1. The highest BCUT2D eigenvalue weighted by atomic mass is 35.5. The lowest BCUT2D eigenvalue weighted by Crippen LogP contribution is -3.15. The lowest BCUT2D eigenvalue weighted by molar-refractivity contribution is -0.895. The zero-order valence-corrected chi connectivity index (χ0v) is 12.5. The first kappa shape index (κ1) is 14.7. The van der Waals surface area contributed by atoms with Gasteiger partial charge in [-0.15, -0.1) is 11.3 Å². The second kappa shape index (κ2) is 5.76. The lowest BCUT2D eigenvalue weighted by atomic mass is 10.3. The number of hydrogen-bond donors (Lipinski definition) is 2. The Labute approximate surface area is 120 Å². The Hall–Kier alpha value is -0.670. The third kappa shape index (κ3) is 3.46. The van der Waals surface area contributed by atoms with Crippen molar-refractivity contribution in [1.82, 2.24) is 4.31 Å². The molecule has 3 N–H and O–H groups in total. The minimum Gasteiger partial charge on any atom is -0.365 e. The van der Waals surface area contributed by atoms with Crippen LogP contribution in [0.5, 0.6) is 0 Å². The normalized spacial score (nSPS) is 18.6. The summed E-state index contributed by atoms with van der Waals surface area (Å²) >= 11 is 6.82. The summed E-state index contributed by atoms with van der Waals surface area (Å²) in [6, 6.07) is 3.10. The molecule has 1 aliphatic rings. The second-order valence-electron chi connectivity index (χ2n) is 4.36. The van der Waals surface area contributed by atoms with Crippen LogP contribution in [0.4, 0.5) is 0 Å². The van der Waals surface area contributed by atoms with Crippen LogP contribution in [0, 0.1) is 0 Å². The van der Waals surface area contributed by atoms with Crippen LogP contribution in [-0.2, 0) is 14.8 Å². The van der Waals surface area contributed by atoms with E-state index in [9.17, 15) is 13.2 Å². The molecule has 2 rings (SSSR count). The number of rotatable bonds is 4. The Bertz CT molecular complexity index is 564. The summed E-state index contributed by atoms with van der Waals surface area (Å²) in [5.41, 5.74) is 5.13. The molecule has 0 unspecified atom stereocenters. The van der Waals surface area contributed by atoms with Crippen LogP contribution in [-0.4, -0.2) is 51.4 Å². The summed E-state index contributed by atoms with van der Waals surface area (Å²) < 4.78 is 26.8. The second-order valence-corrected chi connectivity index (χ2v) is 8.24. The maximum atomic E-state index is 12.3. The van der Waals surface area contributed by atoms with Crippen molar-refractivity contribution in [2.75, 3.05) is 32.7 Å². The Morgan fingerprint density at radius 3 is 2.53 bits per heavy atom. The van der Waals surface area contributed by atoms with Crippen LogP contribution in [0.3, 0.4) is 0 Å². The monoisotopic (exact) mass is 324 g/mol. The Kier molecular flexibility index (Phi) is 4.46. The van der Waals surface area contributed by atoms with Crippen molar-refractivity contribution in [3.05, 3.63) is 16.5 Å². The Morgan fingerprint density at radius 1 is 1.42 bits per heavy atom. The molecule has 1 fully saturated rings. The number of quaternary nitrogens is 1. The van der Waals surface area contributed by atoms with Crippen molar-refractivity contribution in [1.29, 1.82) is 0 Å². The van der Waals surface area contributed by atoms with E-state index in [1.54, 1.807) is 6.07 Å². The van der Waals surface area contributed by atoms with Crippen molar-refractivity contribution in [3.8, 4) is 0 Å². The highest BCUT2D eigenvalue weighted by molar-refractivity contribution is 7.91. The van der Waals surface area contributed by atoms with Crippen LogP contribution in [0.15, 0.2) is 16.3 Å². The van der Waals surface area contributed by atoms with Crippen molar-refractivity contribution in [2.24, 2.45) is 5.73 Å². The maximum Gasteiger partial charge on any atom is 0.272 e. The van der Waals surface area contributed by atoms with E-state index in [2.05, 4.69) is 0 Å². The van der Waals surface area contributed by atoms with Crippen LogP contribution in [0.1, 0.15) is 0 Å². The van der Waals surface area contributed by atoms with Gasteiger partial charge >= 0.3 is 0 Å². The van der Waals surface area contributed by atoms with Gasteiger partial charge in [0.05, 0.1) is 30.5 Å². The first-order chi connectivity index (χ1) is 8.89. The third-order valence-electron chi connectivity index (χ3n) is 3.00. The summed E-state index contributed by atoms with van der Waals surface area (Å²) in [6.45, 7) is 2.20. The van der Waals surface area contributed by atoms with E-state index < -0.39 is 10.0 Å². The third-order valence-corrected chi connectivity index (χ3v) is 6.59. The van der Waals surface area contributed by atoms with E-state index in [-0.39, 0.29) is 16.7 Å². The molecular weight excluding hydrogens is 310 g/mol. The Balaban J connectivity index is 2.03. The van der Waals surface area contributed by atoms with Gasteiger partial charge in [-0.1, -0.05) is 11.6 Å². The van der Waals surface area contributed by atoms with E-state index in [4.69, 9.17) is 17.3 Å².